The molecular formula is C12H17NO. The first-order valence-electron chi connectivity index (χ1n) is 5.26. The Kier molecular flexibility index (Phi) is 2.73. The summed E-state index contributed by atoms with van der Waals surface area (Å²) < 4.78 is 0. The molecule has 0 aromatic heterocycles. The number of aromatic hydroxyl groups is 1. The summed E-state index contributed by atoms with van der Waals surface area (Å²) in [5.41, 5.74) is 1.08. The number of phenolic OH excluding ortho intramolecular Hbond substituents is 1. The highest BCUT2D eigenvalue weighted by Crippen LogP contribution is 2.24. The Labute approximate surface area is 85.0 Å². The topological polar surface area (TPSA) is 32.3 Å². The summed E-state index contributed by atoms with van der Waals surface area (Å²) in [6.45, 7) is 3.29. The van der Waals surface area contributed by atoms with Crippen molar-refractivity contribution in [2.75, 3.05) is 6.54 Å². The molecule has 2 atom stereocenters. The predicted octanol–water partition coefficient (Wildman–Crippen LogP) is 1.93. The molecule has 1 aromatic rings. The molecule has 1 aromatic carbocycles. The van der Waals surface area contributed by atoms with E-state index in [4.69, 9.17) is 0 Å². The van der Waals surface area contributed by atoms with Crippen LogP contribution in [0.4, 0.5) is 0 Å². The van der Waals surface area contributed by atoms with E-state index in [0.717, 1.165) is 18.5 Å². The lowest BCUT2D eigenvalue weighted by Crippen LogP contribution is -2.17. The van der Waals surface area contributed by atoms with Crippen LogP contribution in [0.3, 0.4) is 0 Å². The Bertz CT molecular complexity index is 311. The average molecular weight is 191 g/mol. The van der Waals surface area contributed by atoms with Gasteiger partial charge < -0.3 is 10.4 Å². The Morgan fingerprint density at radius 2 is 2.21 bits per heavy atom. The van der Waals surface area contributed by atoms with Gasteiger partial charge in [0.2, 0.25) is 0 Å². The second-order valence-electron chi connectivity index (χ2n) is 4.24. The van der Waals surface area contributed by atoms with Crippen molar-refractivity contribution in [1.29, 1.82) is 0 Å². The molecule has 2 nitrogen and oxygen atoms in total. The molecule has 0 radical (unpaired) electrons. The Hall–Kier alpha value is -1.02. The Balaban J connectivity index is 2.01. The van der Waals surface area contributed by atoms with Crippen LogP contribution in [0.5, 0.6) is 5.75 Å². The predicted molar refractivity (Wildman–Crippen MR) is 57.4 cm³/mol. The van der Waals surface area contributed by atoms with E-state index in [2.05, 4.69) is 12.2 Å². The monoisotopic (exact) mass is 191 g/mol. The fourth-order valence-corrected chi connectivity index (χ4v) is 2.18. The van der Waals surface area contributed by atoms with Crippen LogP contribution in [0.1, 0.15) is 18.9 Å². The molecule has 76 valence electrons. The number of para-hydroxylation sites is 1. The zero-order valence-corrected chi connectivity index (χ0v) is 8.53. The van der Waals surface area contributed by atoms with Gasteiger partial charge in [0.1, 0.15) is 5.75 Å². The summed E-state index contributed by atoms with van der Waals surface area (Å²) in [4.78, 5) is 0. The molecule has 2 N–H and O–H groups in total. The minimum atomic E-state index is 0.437. The van der Waals surface area contributed by atoms with Gasteiger partial charge in [0.05, 0.1) is 0 Å². The molecule has 1 fully saturated rings. The van der Waals surface area contributed by atoms with Gasteiger partial charge in [-0.3, -0.25) is 0 Å². The third-order valence-electron chi connectivity index (χ3n) is 2.94. The number of phenols is 1. The van der Waals surface area contributed by atoms with Gasteiger partial charge in [-0.1, -0.05) is 18.2 Å². The quantitative estimate of drug-likeness (QED) is 0.748. The van der Waals surface area contributed by atoms with Crippen LogP contribution in [0.25, 0.3) is 0 Å². The largest absolute Gasteiger partial charge is 0.508 e. The summed E-state index contributed by atoms with van der Waals surface area (Å²) in [7, 11) is 0. The lowest BCUT2D eigenvalue weighted by atomic mass is 9.96. The third kappa shape index (κ3) is 2.07. The summed E-state index contributed by atoms with van der Waals surface area (Å²) >= 11 is 0. The molecule has 0 aliphatic carbocycles. The van der Waals surface area contributed by atoms with Crippen LogP contribution in [-0.4, -0.2) is 17.7 Å². The maximum absolute atomic E-state index is 9.62. The van der Waals surface area contributed by atoms with Crippen molar-refractivity contribution in [1.82, 2.24) is 5.32 Å². The van der Waals surface area contributed by atoms with Crippen molar-refractivity contribution in [2.45, 2.75) is 25.8 Å². The molecule has 1 aliphatic heterocycles. The molecule has 0 spiro atoms. The first kappa shape index (κ1) is 9.53. The van der Waals surface area contributed by atoms with Gasteiger partial charge in [0, 0.05) is 6.04 Å². The first-order chi connectivity index (χ1) is 6.75. The SMILES string of the molecule is CC1CC(Cc2ccccc2O)CN1. The van der Waals surface area contributed by atoms with Crippen LogP contribution >= 0.6 is 0 Å². The van der Waals surface area contributed by atoms with E-state index in [1.165, 1.54) is 6.42 Å². The number of benzene rings is 1. The number of rotatable bonds is 2. The molecule has 1 heterocycles. The van der Waals surface area contributed by atoms with E-state index >= 15 is 0 Å². The molecule has 0 amide bonds. The maximum atomic E-state index is 9.62. The van der Waals surface area contributed by atoms with Gasteiger partial charge >= 0.3 is 0 Å². The van der Waals surface area contributed by atoms with Crippen molar-refractivity contribution < 1.29 is 5.11 Å². The number of hydrogen-bond donors (Lipinski definition) is 2. The van der Waals surface area contributed by atoms with E-state index < -0.39 is 0 Å². The summed E-state index contributed by atoms with van der Waals surface area (Å²) in [5.74, 6) is 1.12. The number of hydrogen-bond acceptors (Lipinski definition) is 2. The molecule has 0 saturated carbocycles. The van der Waals surface area contributed by atoms with E-state index in [-0.39, 0.29) is 0 Å². The zero-order valence-electron chi connectivity index (χ0n) is 8.53. The fraction of sp³-hybridized carbons (Fsp3) is 0.500. The Morgan fingerprint density at radius 3 is 2.86 bits per heavy atom. The van der Waals surface area contributed by atoms with E-state index in [1.807, 2.05) is 18.2 Å². The first-order valence-corrected chi connectivity index (χ1v) is 5.26. The van der Waals surface area contributed by atoms with Crippen molar-refractivity contribution in [3.05, 3.63) is 29.8 Å². The zero-order chi connectivity index (χ0) is 9.97. The summed E-state index contributed by atoms with van der Waals surface area (Å²) in [6.07, 6.45) is 2.21. The highest BCUT2D eigenvalue weighted by Gasteiger charge is 2.21. The number of nitrogens with one attached hydrogen (secondary N) is 1. The summed E-state index contributed by atoms with van der Waals surface area (Å²) in [5, 5.41) is 13.0. The second kappa shape index (κ2) is 4.01. The molecule has 0 bridgehead atoms. The van der Waals surface area contributed by atoms with Crippen molar-refractivity contribution in [2.24, 2.45) is 5.92 Å². The smallest absolute Gasteiger partial charge is 0.118 e. The highest BCUT2D eigenvalue weighted by molar-refractivity contribution is 5.32. The van der Waals surface area contributed by atoms with Crippen LogP contribution in [0.2, 0.25) is 0 Å². The van der Waals surface area contributed by atoms with Gasteiger partial charge in [-0.05, 0) is 43.9 Å². The Morgan fingerprint density at radius 1 is 1.43 bits per heavy atom. The van der Waals surface area contributed by atoms with Crippen molar-refractivity contribution >= 4 is 0 Å². The fourth-order valence-electron chi connectivity index (χ4n) is 2.18. The maximum Gasteiger partial charge on any atom is 0.118 e. The molecule has 2 heteroatoms. The minimum absolute atomic E-state index is 0.437. The molecule has 1 aliphatic rings. The summed E-state index contributed by atoms with van der Waals surface area (Å²) in [6, 6.07) is 8.26. The second-order valence-corrected chi connectivity index (χ2v) is 4.24. The third-order valence-corrected chi connectivity index (χ3v) is 2.94. The average Bonchev–Trinajstić information content (AvgIpc) is 2.56. The molecule has 14 heavy (non-hydrogen) atoms. The van der Waals surface area contributed by atoms with E-state index in [0.29, 0.717) is 17.7 Å². The van der Waals surface area contributed by atoms with Crippen molar-refractivity contribution in [3.8, 4) is 5.75 Å². The van der Waals surface area contributed by atoms with Crippen LogP contribution in [0.15, 0.2) is 24.3 Å². The van der Waals surface area contributed by atoms with Crippen LogP contribution in [0, 0.1) is 5.92 Å². The molecular weight excluding hydrogens is 174 g/mol. The van der Waals surface area contributed by atoms with E-state index in [1.54, 1.807) is 6.07 Å². The van der Waals surface area contributed by atoms with Gasteiger partial charge in [0.25, 0.3) is 0 Å². The molecule has 2 unspecified atom stereocenters. The van der Waals surface area contributed by atoms with Crippen LogP contribution in [-0.2, 0) is 6.42 Å². The normalized spacial score (nSPS) is 26.6. The molecule has 2 rings (SSSR count). The van der Waals surface area contributed by atoms with Gasteiger partial charge in [0.15, 0.2) is 0 Å². The molecule has 1 saturated heterocycles. The van der Waals surface area contributed by atoms with Gasteiger partial charge in [-0.2, -0.15) is 0 Å². The standard InChI is InChI=1S/C12H17NO/c1-9-6-10(8-13-9)7-11-4-2-3-5-12(11)14/h2-5,9-10,13-14H,6-8H2,1H3. The minimum Gasteiger partial charge on any atom is -0.508 e. The lowest BCUT2D eigenvalue weighted by Gasteiger charge is -2.09. The van der Waals surface area contributed by atoms with Gasteiger partial charge in [-0.25, -0.2) is 0 Å². The highest BCUT2D eigenvalue weighted by atomic mass is 16.3. The van der Waals surface area contributed by atoms with Crippen molar-refractivity contribution in [3.63, 3.8) is 0 Å². The van der Waals surface area contributed by atoms with Gasteiger partial charge in [-0.15, -0.1) is 0 Å². The lowest BCUT2D eigenvalue weighted by molar-refractivity contribution is 0.458. The van der Waals surface area contributed by atoms with E-state index in [9.17, 15) is 5.11 Å². The van der Waals surface area contributed by atoms with Crippen LogP contribution < -0.4 is 5.32 Å².